The van der Waals surface area contributed by atoms with Crippen LogP contribution in [0.3, 0.4) is 0 Å². The van der Waals surface area contributed by atoms with Crippen LogP contribution in [0.15, 0.2) is 85.7 Å². The molecule has 27 heteroatoms. The molecule has 390 valence electrons. The molecule has 10 rings (SSSR count). The van der Waals surface area contributed by atoms with Gasteiger partial charge in [0, 0.05) is 96.6 Å². The number of nitrogens with two attached hydrogens (primary N) is 1. The maximum Gasteiger partial charge on any atom is 0.323 e. The summed E-state index contributed by atoms with van der Waals surface area (Å²) in [6.07, 6.45) is 19.0. The molecular formula is C45H53Cl5FN16O4Pd-. The molecule has 0 atom stereocenters. The topological polar surface area (TPSA) is 249 Å². The number of nitrogens with one attached hydrogen (secondary N) is 2. The second-order valence-electron chi connectivity index (χ2n) is 15.2. The van der Waals surface area contributed by atoms with Crippen LogP contribution in [0, 0.1) is 33.6 Å². The van der Waals surface area contributed by atoms with Crippen molar-refractivity contribution < 1.29 is 34.7 Å². The molecule has 0 amide bonds. The molecule has 0 unspecified atom stereocenters. The van der Waals surface area contributed by atoms with Gasteiger partial charge in [0.25, 0.3) is 5.95 Å². The molecule has 4 aliphatic heterocycles. The van der Waals surface area contributed by atoms with Gasteiger partial charge in [0.1, 0.15) is 5.02 Å². The van der Waals surface area contributed by atoms with Gasteiger partial charge >= 0.3 is 11.4 Å². The number of nitro groups is 2. The van der Waals surface area contributed by atoms with Gasteiger partial charge in [-0.15, -0.1) is 0 Å². The Bertz CT molecular complexity index is 2590. The number of pyridine rings is 4. The van der Waals surface area contributed by atoms with E-state index < -0.39 is 16.6 Å². The maximum absolute atomic E-state index is 12.3. The molecule has 20 nitrogen and oxygen atoms in total. The van der Waals surface area contributed by atoms with Gasteiger partial charge in [0.05, 0.1) is 38.6 Å². The van der Waals surface area contributed by atoms with Crippen molar-refractivity contribution in [3.8, 4) is 0 Å². The number of aromatic nitrogens is 8. The second kappa shape index (κ2) is 32.6. The molecule has 4 aliphatic rings. The first-order valence-electron chi connectivity index (χ1n) is 22.1. The Labute approximate surface area is 455 Å². The Balaban J connectivity index is 0.000000236. The summed E-state index contributed by atoms with van der Waals surface area (Å²) in [4.78, 5) is 56.9. The van der Waals surface area contributed by atoms with Crippen LogP contribution in [0.5, 0.6) is 0 Å². The molecule has 4 saturated heterocycles. The van der Waals surface area contributed by atoms with Crippen LogP contribution in [-0.2, 0) is 20.4 Å². The van der Waals surface area contributed by atoms with Gasteiger partial charge in [-0.05, 0) is 124 Å². The van der Waals surface area contributed by atoms with Crippen LogP contribution >= 0.6 is 58.0 Å². The molecule has 6 aromatic heterocycles. The maximum atomic E-state index is 12.3. The van der Waals surface area contributed by atoms with Crippen molar-refractivity contribution in [1.82, 2.24) is 45.2 Å². The van der Waals surface area contributed by atoms with Gasteiger partial charge in [-0.25, -0.2) is 34.9 Å². The molecule has 4 N–H and O–H groups in total. The number of nitrogen functional groups attached to an aromatic ring is 1. The number of halogens is 6. The molecule has 0 saturated carbocycles. The fourth-order valence-electron chi connectivity index (χ4n) is 7.01. The van der Waals surface area contributed by atoms with E-state index in [0.29, 0.717) is 21.7 Å². The normalized spacial score (nSPS) is 14.1. The van der Waals surface area contributed by atoms with Crippen molar-refractivity contribution in [3.05, 3.63) is 145 Å². The third kappa shape index (κ3) is 19.9. The first-order valence-corrected chi connectivity index (χ1v) is 23.9. The predicted octanol–water partition coefficient (Wildman–Crippen LogP) is 10.8. The van der Waals surface area contributed by atoms with Crippen LogP contribution in [0.25, 0.3) is 0 Å². The summed E-state index contributed by atoms with van der Waals surface area (Å²) in [5, 5.41) is 28.2. The number of hydrogen-bond acceptors (Lipinski definition) is 18. The molecule has 0 radical (unpaired) electrons. The predicted molar refractivity (Wildman–Crippen MR) is 280 cm³/mol. The van der Waals surface area contributed by atoms with Crippen LogP contribution in [0.4, 0.5) is 50.4 Å². The third-order valence-corrected chi connectivity index (χ3v) is 11.6. The zero-order chi connectivity index (χ0) is 50.3. The van der Waals surface area contributed by atoms with Crippen LogP contribution in [-0.4, -0.2) is 102 Å². The van der Waals surface area contributed by atoms with E-state index in [2.05, 4.69) is 60.3 Å². The van der Waals surface area contributed by atoms with Crippen LogP contribution in [0.1, 0.15) is 51.4 Å². The third-order valence-electron chi connectivity index (χ3n) is 10.3. The van der Waals surface area contributed by atoms with Crippen molar-refractivity contribution in [2.75, 3.05) is 78.1 Å². The number of anilines is 6. The summed E-state index contributed by atoms with van der Waals surface area (Å²) in [5.41, 5.74) is 6.97. The van der Waals surface area contributed by atoms with Crippen molar-refractivity contribution in [3.63, 3.8) is 0 Å². The average molecular weight is 1180 g/mol. The molecule has 4 fully saturated rings. The van der Waals surface area contributed by atoms with Gasteiger partial charge in [-0.1, -0.05) is 34.8 Å². The number of rotatable bonds is 7. The fraction of sp³-hybridized carbons (Fsp3) is 0.356. The molecule has 0 spiro atoms. The molecule has 0 aliphatic carbocycles. The summed E-state index contributed by atoms with van der Waals surface area (Å²) >= 11 is 28.1. The zero-order valence-corrected chi connectivity index (χ0v) is 44.3. The first-order chi connectivity index (χ1) is 33.8. The number of nitrogens with zero attached hydrogens (tertiary/aromatic N) is 13. The molecule has 6 aromatic rings. The fourth-order valence-corrected chi connectivity index (χ4v) is 7.68. The number of hydrogen-bond donors (Lipinski definition) is 3. The van der Waals surface area contributed by atoms with E-state index in [1.54, 1.807) is 24.7 Å². The molecule has 72 heavy (non-hydrogen) atoms. The Morgan fingerprint density at radius 1 is 0.583 bits per heavy atom. The Kier molecular flexibility index (Phi) is 27.6. The Hall–Kier alpha value is -5.44. The summed E-state index contributed by atoms with van der Waals surface area (Å²) in [6.45, 7) is 8.48. The monoisotopic (exact) mass is 1180 g/mol. The van der Waals surface area contributed by atoms with E-state index in [0.717, 1.165) is 87.4 Å². The minimum absolute atomic E-state index is 0. The molecule has 10 heterocycles. The van der Waals surface area contributed by atoms with Crippen LogP contribution < -0.4 is 31.1 Å². The van der Waals surface area contributed by atoms with Gasteiger partial charge in [0.2, 0.25) is 16.4 Å². The average Bonchev–Trinajstić information content (AvgIpc) is 4.23. The summed E-state index contributed by atoms with van der Waals surface area (Å²) < 4.78 is 12.3. The molecule has 0 bridgehead atoms. The summed E-state index contributed by atoms with van der Waals surface area (Å²) in [5.74, 6) is 1.81. The van der Waals surface area contributed by atoms with Crippen molar-refractivity contribution in [2.45, 2.75) is 51.4 Å². The van der Waals surface area contributed by atoms with Crippen molar-refractivity contribution >= 4 is 104 Å². The van der Waals surface area contributed by atoms with Gasteiger partial charge < -0.3 is 38.5 Å². The van der Waals surface area contributed by atoms with Crippen LogP contribution in [0.2, 0.25) is 25.8 Å². The molecule has 0 aromatic carbocycles. The van der Waals surface area contributed by atoms with E-state index >= 15 is 0 Å². The first kappa shape index (κ1) is 60.9. The van der Waals surface area contributed by atoms with E-state index in [1.807, 2.05) is 29.2 Å². The van der Waals surface area contributed by atoms with Gasteiger partial charge in [-0.2, -0.15) is 9.37 Å². The minimum Gasteiger partial charge on any atom is -0.396 e. The van der Waals surface area contributed by atoms with Crippen molar-refractivity contribution in [2.24, 2.45) is 0 Å². The second-order valence-corrected chi connectivity index (χ2v) is 17.1. The quantitative estimate of drug-likeness (QED) is 0.0256. The van der Waals surface area contributed by atoms with Gasteiger partial charge in [-0.3, -0.25) is 20.2 Å². The zero-order valence-electron chi connectivity index (χ0n) is 39.0. The minimum atomic E-state index is -1.05. The standard InChI is InChI=1S/C13H13Cl2N5.C9H11N3O2.C9H13N3.C5H3FN2O2.C4HCl3N2.C4H9N.CH3.Pd/c14-9-8-17-13(15)19-11(9)18-10-4-3-5-16-12(10)20-6-1-2-7-20;13-12(14)8-4-3-5-10-9(8)11-6-1-2-7-11;10-8-4-3-5-11-9(8)12-6-1-2-7-12;6-5-4(8(9)10)2-1-3-7-5;5-2-1-8-4(7)9-3(2)6;1-2-4-5-3-1;;/h3-5,8H,1-2,6-7H2,(H,17,18,19);3-5H,1-2,6-7H2;3-5H,1-2,6-7,10H2;1-3H;1H;5H,1-4H2;1H3;/q;;;;;;-1;. The van der Waals surface area contributed by atoms with E-state index in [4.69, 9.17) is 63.7 Å². The van der Waals surface area contributed by atoms with Gasteiger partial charge in [0.15, 0.2) is 22.6 Å². The van der Waals surface area contributed by atoms with E-state index in [9.17, 15) is 24.6 Å². The smallest absolute Gasteiger partial charge is 0.323 e. The van der Waals surface area contributed by atoms with E-state index in [1.165, 1.54) is 76.1 Å². The Morgan fingerprint density at radius 3 is 1.50 bits per heavy atom. The Morgan fingerprint density at radius 2 is 1.03 bits per heavy atom. The SMILES string of the molecule is C1CCNC1.Clc1ncc(Cl)c(Cl)n1.Clc1ncc(Cl)c(Nc2cccnc2N2CCCC2)n1.Nc1cccnc1N1CCCC1.O=[N+]([O-])c1cccnc1F.O=[N+]([O-])c1cccnc1N1CCCC1.[CH3-].[Pd]. The summed E-state index contributed by atoms with van der Waals surface area (Å²) in [6, 6.07) is 13.1. The largest absolute Gasteiger partial charge is 0.396 e. The summed E-state index contributed by atoms with van der Waals surface area (Å²) in [7, 11) is 0. The van der Waals surface area contributed by atoms with E-state index in [-0.39, 0.29) is 54.2 Å². The molecular weight excluding hydrogens is 1130 g/mol. The van der Waals surface area contributed by atoms with Crippen molar-refractivity contribution in [1.29, 1.82) is 0 Å².